The number of nitrogens with zero attached hydrogens (tertiary/aromatic N) is 1. The lowest BCUT2D eigenvalue weighted by molar-refractivity contribution is 0.0696. The third-order valence-electron chi connectivity index (χ3n) is 5.48. The van der Waals surface area contributed by atoms with E-state index in [0.29, 0.717) is 22.2 Å². The van der Waals surface area contributed by atoms with E-state index in [4.69, 9.17) is 0 Å². The zero-order chi connectivity index (χ0) is 19.5. The molecule has 1 aromatic heterocycles. The summed E-state index contributed by atoms with van der Waals surface area (Å²) in [5.41, 5.74) is 1.35. The molecule has 1 aliphatic rings. The number of hydrogen-bond acceptors (Lipinski definition) is 3. The van der Waals surface area contributed by atoms with Gasteiger partial charge in [0.2, 0.25) is 0 Å². The van der Waals surface area contributed by atoms with Crippen molar-refractivity contribution in [3.63, 3.8) is 0 Å². The van der Waals surface area contributed by atoms with Gasteiger partial charge in [0, 0.05) is 29.0 Å². The third kappa shape index (κ3) is 3.94. The molecule has 144 valence electrons. The molecule has 0 unspecified atom stereocenters. The van der Waals surface area contributed by atoms with Gasteiger partial charge in [0.1, 0.15) is 0 Å². The Balaban J connectivity index is 1.42. The average molecular weight is 393 g/mol. The molecule has 0 atom stereocenters. The molecule has 28 heavy (non-hydrogen) atoms. The van der Waals surface area contributed by atoms with Crippen molar-refractivity contribution in [2.45, 2.75) is 38.1 Å². The summed E-state index contributed by atoms with van der Waals surface area (Å²) in [7, 11) is 1.90. The molecular weight excluding hydrogens is 368 g/mol. The summed E-state index contributed by atoms with van der Waals surface area (Å²) in [5.74, 6) is -0.0751. The summed E-state index contributed by atoms with van der Waals surface area (Å²) >= 11 is 1.48. The van der Waals surface area contributed by atoms with Gasteiger partial charge in [-0.1, -0.05) is 37.5 Å². The van der Waals surface area contributed by atoms with Crippen LogP contribution in [0.5, 0.6) is 0 Å². The van der Waals surface area contributed by atoms with Crippen LogP contribution < -0.4 is 5.32 Å². The molecular formula is C23H24N2O2S. The smallest absolute Gasteiger partial charge is 0.265 e. The van der Waals surface area contributed by atoms with Gasteiger partial charge in [0.15, 0.2) is 0 Å². The Hall–Kier alpha value is -2.66. The molecule has 2 amide bonds. The van der Waals surface area contributed by atoms with Crippen molar-refractivity contribution >= 4 is 38.9 Å². The number of anilines is 1. The zero-order valence-corrected chi connectivity index (χ0v) is 16.8. The van der Waals surface area contributed by atoms with Crippen molar-refractivity contribution in [2.24, 2.45) is 0 Å². The van der Waals surface area contributed by atoms with Crippen molar-refractivity contribution in [3.05, 3.63) is 65.0 Å². The maximum absolute atomic E-state index is 12.7. The number of fused-ring (bicyclic) bond motifs is 1. The molecule has 1 saturated carbocycles. The van der Waals surface area contributed by atoms with Gasteiger partial charge in [-0.3, -0.25) is 9.59 Å². The Morgan fingerprint density at radius 2 is 1.71 bits per heavy atom. The normalized spacial score (nSPS) is 14.8. The fourth-order valence-corrected chi connectivity index (χ4v) is 4.78. The van der Waals surface area contributed by atoms with Gasteiger partial charge in [0.05, 0.1) is 4.88 Å². The molecule has 1 fully saturated rings. The highest BCUT2D eigenvalue weighted by Gasteiger charge is 2.23. The monoisotopic (exact) mass is 392 g/mol. The molecule has 1 heterocycles. The lowest BCUT2D eigenvalue weighted by Gasteiger charge is -2.31. The van der Waals surface area contributed by atoms with E-state index in [1.807, 2.05) is 42.3 Å². The minimum Gasteiger partial charge on any atom is -0.339 e. The molecule has 0 aliphatic heterocycles. The van der Waals surface area contributed by atoms with Gasteiger partial charge in [-0.25, -0.2) is 0 Å². The largest absolute Gasteiger partial charge is 0.339 e. The number of hydrogen-bond donors (Lipinski definition) is 1. The van der Waals surface area contributed by atoms with Gasteiger partial charge < -0.3 is 10.2 Å². The molecule has 0 radical (unpaired) electrons. The SMILES string of the molecule is CN(C(=O)c1ccc(NC(=O)c2cc3ccccc3s2)cc1)C1CCCCC1. The fraction of sp³-hybridized carbons (Fsp3) is 0.304. The number of carbonyl (C=O) groups excluding carboxylic acids is 2. The number of carbonyl (C=O) groups is 2. The van der Waals surface area contributed by atoms with Crippen LogP contribution in [0.25, 0.3) is 10.1 Å². The van der Waals surface area contributed by atoms with Crippen LogP contribution >= 0.6 is 11.3 Å². The Kier molecular flexibility index (Phi) is 5.44. The topological polar surface area (TPSA) is 49.4 Å². The first kappa shape index (κ1) is 18.7. The van der Waals surface area contributed by atoms with E-state index in [1.165, 1.54) is 30.6 Å². The maximum Gasteiger partial charge on any atom is 0.265 e. The second kappa shape index (κ2) is 8.15. The number of rotatable bonds is 4. The van der Waals surface area contributed by atoms with Crippen LogP contribution in [0.3, 0.4) is 0 Å². The van der Waals surface area contributed by atoms with E-state index in [-0.39, 0.29) is 11.8 Å². The Morgan fingerprint density at radius 3 is 2.43 bits per heavy atom. The van der Waals surface area contributed by atoms with Crippen molar-refractivity contribution in [1.82, 2.24) is 4.90 Å². The summed E-state index contributed by atoms with van der Waals surface area (Å²) in [4.78, 5) is 27.8. The van der Waals surface area contributed by atoms with Crippen molar-refractivity contribution in [3.8, 4) is 0 Å². The van der Waals surface area contributed by atoms with E-state index in [2.05, 4.69) is 5.32 Å². The van der Waals surface area contributed by atoms with Crippen molar-refractivity contribution in [2.75, 3.05) is 12.4 Å². The van der Waals surface area contributed by atoms with Gasteiger partial charge in [-0.15, -0.1) is 11.3 Å². The van der Waals surface area contributed by atoms with E-state index in [9.17, 15) is 9.59 Å². The summed E-state index contributed by atoms with van der Waals surface area (Å²) in [6, 6.07) is 17.4. The molecule has 4 rings (SSSR count). The number of thiophene rings is 1. The van der Waals surface area contributed by atoms with E-state index < -0.39 is 0 Å². The summed E-state index contributed by atoms with van der Waals surface area (Å²) in [6.45, 7) is 0. The Morgan fingerprint density at radius 1 is 1.00 bits per heavy atom. The molecule has 0 spiro atoms. The van der Waals surface area contributed by atoms with E-state index >= 15 is 0 Å². The van der Waals surface area contributed by atoms with Gasteiger partial charge in [-0.2, -0.15) is 0 Å². The predicted molar refractivity (Wildman–Crippen MR) is 115 cm³/mol. The molecule has 1 N–H and O–H groups in total. The minimum atomic E-state index is -0.125. The lowest BCUT2D eigenvalue weighted by atomic mass is 9.94. The fourth-order valence-electron chi connectivity index (χ4n) is 3.82. The van der Waals surface area contributed by atoms with Crippen LogP contribution in [0.2, 0.25) is 0 Å². The van der Waals surface area contributed by atoms with Crippen molar-refractivity contribution < 1.29 is 9.59 Å². The van der Waals surface area contributed by atoms with Crippen LogP contribution in [0.1, 0.15) is 52.1 Å². The summed E-state index contributed by atoms with van der Waals surface area (Å²) in [5, 5.41) is 4.00. The van der Waals surface area contributed by atoms with Crippen LogP contribution in [0, 0.1) is 0 Å². The highest BCUT2D eigenvalue weighted by atomic mass is 32.1. The predicted octanol–water partition coefficient (Wildman–Crippen LogP) is 5.56. The molecule has 5 heteroatoms. The summed E-state index contributed by atoms with van der Waals surface area (Å²) in [6.07, 6.45) is 5.85. The first-order valence-corrected chi connectivity index (χ1v) is 10.6. The molecule has 4 nitrogen and oxygen atoms in total. The van der Waals surface area contributed by atoms with E-state index in [0.717, 1.165) is 22.9 Å². The maximum atomic E-state index is 12.7. The molecule has 3 aromatic rings. The number of benzene rings is 2. The Bertz CT molecular complexity index is 954. The second-order valence-electron chi connectivity index (χ2n) is 7.39. The van der Waals surface area contributed by atoms with Gasteiger partial charge in [0.25, 0.3) is 11.8 Å². The average Bonchev–Trinajstić information content (AvgIpc) is 3.18. The first-order valence-electron chi connectivity index (χ1n) is 9.79. The highest BCUT2D eigenvalue weighted by Crippen LogP contribution is 2.26. The van der Waals surface area contributed by atoms with Crippen LogP contribution in [0.15, 0.2) is 54.6 Å². The Labute approximate surface area is 169 Å². The first-order chi connectivity index (χ1) is 13.6. The molecule has 0 saturated heterocycles. The number of amides is 2. The van der Waals surface area contributed by atoms with Gasteiger partial charge in [-0.05, 0) is 54.6 Å². The zero-order valence-electron chi connectivity index (χ0n) is 16.0. The third-order valence-corrected chi connectivity index (χ3v) is 6.60. The summed E-state index contributed by atoms with van der Waals surface area (Å²) < 4.78 is 1.10. The van der Waals surface area contributed by atoms with Crippen LogP contribution in [-0.2, 0) is 0 Å². The standard InChI is InChI=1S/C23H24N2O2S/c1-25(19-8-3-2-4-9-19)23(27)16-11-13-18(14-12-16)24-22(26)21-15-17-7-5-6-10-20(17)28-21/h5-7,10-15,19H,2-4,8-9H2,1H3,(H,24,26). The van der Waals surface area contributed by atoms with Crippen LogP contribution in [-0.4, -0.2) is 29.8 Å². The number of nitrogens with one attached hydrogen (secondary N) is 1. The van der Waals surface area contributed by atoms with Crippen LogP contribution in [0.4, 0.5) is 5.69 Å². The quantitative estimate of drug-likeness (QED) is 0.632. The molecule has 0 bridgehead atoms. The highest BCUT2D eigenvalue weighted by molar-refractivity contribution is 7.20. The second-order valence-corrected chi connectivity index (χ2v) is 8.47. The molecule has 1 aliphatic carbocycles. The van der Waals surface area contributed by atoms with E-state index in [1.54, 1.807) is 24.3 Å². The van der Waals surface area contributed by atoms with Gasteiger partial charge >= 0.3 is 0 Å². The minimum absolute atomic E-state index is 0.0503. The van der Waals surface area contributed by atoms with Crippen molar-refractivity contribution in [1.29, 1.82) is 0 Å². The lowest BCUT2D eigenvalue weighted by Crippen LogP contribution is -2.38. The molecule has 2 aromatic carbocycles.